The molecule has 0 spiro atoms. The highest BCUT2D eigenvalue weighted by molar-refractivity contribution is 6.35. The summed E-state index contributed by atoms with van der Waals surface area (Å²) in [5.41, 5.74) is 0.908. The van der Waals surface area contributed by atoms with Crippen molar-refractivity contribution >= 4 is 28.8 Å². The van der Waals surface area contributed by atoms with Crippen LogP contribution in [-0.2, 0) is 15.8 Å². The fraction of sp³-hybridized carbons (Fsp3) is 0.273. The first kappa shape index (κ1) is 22.5. The number of hydrogen-bond donors (Lipinski definition) is 2. The van der Waals surface area contributed by atoms with E-state index < -0.39 is 23.6 Å². The molecule has 0 aliphatic carbocycles. The first-order chi connectivity index (χ1) is 14.6. The smallest absolute Gasteiger partial charge is 0.396 e. The Hall–Kier alpha value is -3.17. The first-order valence-electron chi connectivity index (χ1n) is 9.58. The van der Waals surface area contributed by atoms with Crippen LogP contribution in [0.4, 0.5) is 24.5 Å². The van der Waals surface area contributed by atoms with E-state index in [2.05, 4.69) is 0 Å². The van der Waals surface area contributed by atoms with Crippen LogP contribution in [-0.4, -0.2) is 28.5 Å². The Bertz CT molecular complexity index is 1050. The number of rotatable bonds is 5. The summed E-state index contributed by atoms with van der Waals surface area (Å²) >= 11 is 0. The highest BCUT2D eigenvalue weighted by Gasteiger charge is 2.39. The van der Waals surface area contributed by atoms with Gasteiger partial charge in [-0.2, -0.15) is 13.2 Å². The lowest BCUT2D eigenvalue weighted by atomic mass is 10.0. The molecule has 31 heavy (non-hydrogen) atoms. The SMILES string of the molecule is C/C(=C1/C(=O)N(c2ccc(C)cc2)c2cc(C(F)(F)F)ccc21)N(N)C(=O)CCCO. The predicted molar refractivity (Wildman–Crippen MR) is 110 cm³/mol. The van der Waals surface area contributed by atoms with Gasteiger partial charge in [-0.05, 0) is 44.5 Å². The molecule has 0 atom stereocenters. The summed E-state index contributed by atoms with van der Waals surface area (Å²) in [6.45, 7) is 3.12. The van der Waals surface area contributed by atoms with E-state index in [1.165, 1.54) is 17.9 Å². The van der Waals surface area contributed by atoms with Gasteiger partial charge in [0.2, 0.25) is 5.91 Å². The van der Waals surface area contributed by atoms with E-state index in [4.69, 9.17) is 10.9 Å². The van der Waals surface area contributed by atoms with Crippen LogP contribution in [0.1, 0.15) is 36.5 Å². The van der Waals surface area contributed by atoms with E-state index in [0.29, 0.717) is 5.69 Å². The average molecular weight is 433 g/mol. The second-order valence-electron chi connectivity index (χ2n) is 7.26. The first-order valence-corrected chi connectivity index (χ1v) is 9.58. The summed E-state index contributed by atoms with van der Waals surface area (Å²) in [5.74, 6) is 4.80. The standard InChI is InChI=1S/C22H22F3N3O3/c1-13-5-8-16(9-6-13)27-18-12-15(22(23,24)25)7-10-17(18)20(21(27)31)14(2)28(26)19(30)4-3-11-29/h5-10,12,29H,3-4,11,26H2,1-2H3/b20-14-. The van der Waals surface area contributed by atoms with Gasteiger partial charge in [-0.1, -0.05) is 23.8 Å². The van der Waals surface area contributed by atoms with E-state index in [9.17, 15) is 22.8 Å². The Kier molecular flexibility index (Phi) is 6.19. The van der Waals surface area contributed by atoms with Gasteiger partial charge in [-0.15, -0.1) is 0 Å². The third-order valence-electron chi connectivity index (χ3n) is 5.09. The number of aliphatic hydroxyl groups excluding tert-OH is 1. The molecule has 2 amide bonds. The Balaban J connectivity index is 2.16. The fourth-order valence-electron chi connectivity index (χ4n) is 3.40. The van der Waals surface area contributed by atoms with Crippen molar-refractivity contribution in [3.63, 3.8) is 0 Å². The molecule has 2 aromatic rings. The van der Waals surface area contributed by atoms with E-state index in [-0.39, 0.29) is 42.0 Å². The van der Waals surface area contributed by atoms with Gasteiger partial charge in [0.1, 0.15) is 0 Å². The molecule has 0 bridgehead atoms. The van der Waals surface area contributed by atoms with Crippen molar-refractivity contribution in [3.05, 3.63) is 64.9 Å². The van der Waals surface area contributed by atoms with Crippen LogP contribution in [0.25, 0.3) is 5.57 Å². The summed E-state index contributed by atoms with van der Waals surface area (Å²) in [6.07, 6.45) is -4.42. The summed E-state index contributed by atoms with van der Waals surface area (Å²) in [5, 5.41) is 9.72. The zero-order valence-corrected chi connectivity index (χ0v) is 17.0. The van der Waals surface area contributed by atoms with Crippen LogP contribution >= 0.6 is 0 Å². The maximum atomic E-state index is 13.3. The Morgan fingerprint density at radius 1 is 1.16 bits per heavy atom. The van der Waals surface area contributed by atoms with Crippen LogP contribution in [0.5, 0.6) is 0 Å². The second kappa shape index (κ2) is 8.52. The van der Waals surface area contributed by atoms with Crippen LogP contribution in [0.15, 0.2) is 48.2 Å². The third kappa shape index (κ3) is 4.33. The molecule has 0 saturated heterocycles. The molecule has 2 aromatic carbocycles. The summed E-state index contributed by atoms with van der Waals surface area (Å²) in [4.78, 5) is 26.8. The number of carbonyl (C=O) groups is 2. The van der Waals surface area contributed by atoms with Crippen molar-refractivity contribution in [3.8, 4) is 0 Å². The molecule has 9 heteroatoms. The number of halogens is 3. The average Bonchev–Trinajstić information content (AvgIpc) is 3.02. The normalized spacial score (nSPS) is 15.2. The number of nitrogens with zero attached hydrogens (tertiary/aromatic N) is 2. The van der Waals surface area contributed by atoms with Gasteiger partial charge in [0, 0.05) is 30.0 Å². The number of alkyl halides is 3. The van der Waals surface area contributed by atoms with Gasteiger partial charge < -0.3 is 5.11 Å². The molecule has 0 fully saturated rings. The van der Waals surface area contributed by atoms with Crippen molar-refractivity contribution < 1.29 is 27.9 Å². The van der Waals surface area contributed by atoms with Crippen molar-refractivity contribution in [2.75, 3.05) is 11.5 Å². The van der Waals surface area contributed by atoms with Crippen molar-refractivity contribution in [2.24, 2.45) is 5.84 Å². The van der Waals surface area contributed by atoms with Crippen LogP contribution < -0.4 is 10.7 Å². The molecule has 1 aliphatic heterocycles. The van der Waals surface area contributed by atoms with Crippen LogP contribution in [0, 0.1) is 6.92 Å². The van der Waals surface area contributed by atoms with Crippen molar-refractivity contribution in [2.45, 2.75) is 32.9 Å². The number of allylic oxidation sites excluding steroid dienone is 1. The molecule has 0 unspecified atom stereocenters. The monoisotopic (exact) mass is 433 g/mol. The number of benzene rings is 2. The molecule has 3 rings (SSSR count). The number of carbonyl (C=O) groups excluding carboxylic acids is 2. The zero-order valence-electron chi connectivity index (χ0n) is 17.0. The summed E-state index contributed by atoms with van der Waals surface area (Å²) in [6, 6.07) is 9.81. The minimum atomic E-state index is -4.58. The Labute approximate surface area is 177 Å². The third-order valence-corrected chi connectivity index (χ3v) is 5.09. The topological polar surface area (TPSA) is 86.9 Å². The lowest BCUT2D eigenvalue weighted by Crippen LogP contribution is -2.37. The molecule has 1 heterocycles. The summed E-state index contributed by atoms with van der Waals surface area (Å²) < 4.78 is 40.0. The fourth-order valence-corrected chi connectivity index (χ4v) is 3.40. The molecule has 3 N–H and O–H groups in total. The molecule has 0 radical (unpaired) electrons. The van der Waals surface area contributed by atoms with Crippen LogP contribution in [0.2, 0.25) is 0 Å². The highest BCUT2D eigenvalue weighted by atomic mass is 19.4. The zero-order chi connectivity index (χ0) is 22.9. The lowest BCUT2D eigenvalue weighted by molar-refractivity contribution is -0.137. The molecule has 1 aliphatic rings. The quantitative estimate of drug-likeness (QED) is 0.324. The maximum absolute atomic E-state index is 13.3. The van der Waals surface area contributed by atoms with E-state index in [1.54, 1.807) is 24.3 Å². The molecule has 164 valence electrons. The van der Waals surface area contributed by atoms with E-state index >= 15 is 0 Å². The number of nitrogens with two attached hydrogens (primary N) is 1. The Morgan fingerprint density at radius 3 is 2.39 bits per heavy atom. The minimum absolute atomic E-state index is 0.0344. The number of fused-ring (bicyclic) bond motifs is 1. The number of anilines is 2. The van der Waals surface area contributed by atoms with Gasteiger partial charge in [0.05, 0.1) is 16.8 Å². The predicted octanol–water partition coefficient (Wildman–Crippen LogP) is 3.90. The molecular weight excluding hydrogens is 411 g/mol. The number of aliphatic hydroxyl groups is 1. The van der Waals surface area contributed by atoms with E-state index in [0.717, 1.165) is 22.7 Å². The molecular formula is C22H22F3N3O3. The van der Waals surface area contributed by atoms with Gasteiger partial charge in [0.25, 0.3) is 5.91 Å². The maximum Gasteiger partial charge on any atom is 0.416 e. The van der Waals surface area contributed by atoms with Crippen molar-refractivity contribution in [1.29, 1.82) is 0 Å². The van der Waals surface area contributed by atoms with E-state index in [1.807, 2.05) is 6.92 Å². The van der Waals surface area contributed by atoms with Gasteiger partial charge in [-0.25, -0.2) is 5.84 Å². The van der Waals surface area contributed by atoms with Gasteiger partial charge >= 0.3 is 6.18 Å². The lowest BCUT2D eigenvalue weighted by Gasteiger charge is -2.20. The number of aryl methyl sites for hydroxylation is 1. The molecule has 6 nitrogen and oxygen atoms in total. The van der Waals surface area contributed by atoms with Crippen molar-refractivity contribution in [1.82, 2.24) is 5.01 Å². The van der Waals surface area contributed by atoms with Crippen LogP contribution in [0.3, 0.4) is 0 Å². The van der Waals surface area contributed by atoms with Gasteiger partial charge in [-0.3, -0.25) is 19.5 Å². The number of hydrazine groups is 1. The molecule has 0 saturated carbocycles. The number of amides is 2. The molecule has 0 aromatic heterocycles. The summed E-state index contributed by atoms with van der Waals surface area (Å²) in [7, 11) is 0. The second-order valence-corrected chi connectivity index (χ2v) is 7.26. The number of hydrogen-bond acceptors (Lipinski definition) is 4. The Morgan fingerprint density at radius 2 is 1.81 bits per heavy atom. The minimum Gasteiger partial charge on any atom is -0.396 e. The van der Waals surface area contributed by atoms with Gasteiger partial charge in [0.15, 0.2) is 0 Å². The highest BCUT2D eigenvalue weighted by Crippen LogP contribution is 2.45. The largest absolute Gasteiger partial charge is 0.416 e.